The van der Waals surface area contributed by atoms with Crippen LogP contribution in [0.3, 0.4) is 0 Å². The SMILES string of the molecule is CC(C)NC(C)(C(N)=O)c1ccccc1Cl. The smallest absolute Gasteiger partial charge is 0.242 e. The van der Waals surface area contributed by atoms with Gasteiger partial charge in [-0.1, -0.05) is 29.8 Å². The first-order chi connectivity index (χ1) is 7.38. The normalized spacial score (nSPS) is 14.8. The summed E-state index contributed by atoms with van der Waals surface area (Å²) in [6, 6.07) is 7.35. The Hall–Kier alpha value is -1.06. The molecule has 0 saturated carbocycles. The lowest BCUT2D eigenvalue weighted by Gasteiger charge is -2.31. The largest absolute Gasteiger partial charge is 0.368 e. The Morgan fingerprint density at radius 2 is 2.00 bits per heavy atom. The zero-order valence-electron chi connectivity index (χ0n) is 9.75. The minimum absolute atomic E-state index is 0.133. The van der Waals surface area contributed by atoms with Crippen LogP contribution in [-0.4, -0.2) is 11.9 Å². The molecule has 1 aromatic carbocycles. The molecule has 0 saturated heterocycles. The highest BCUT2D eigenvalue weighted by Crippen LogP contribution is 2.28. The van der Waals surface area contributed by atoms with E-state index >= 15 is 0 Å². The molecular formula is C12H17ClN2O. The third-order valence-electron chi connectivity index (χ3n) is 2.48. The molecule has 3 nitrogen and oxygen atoms in total. The van der Waals surface area contributed by atoms with Crippen LogP contribution in [-0.2, 0) is 10.3 Å². The molecule has 0 bridgehead atoms. The molecule has 1 atom stereocenters. The number of nitrogens with one attached hydrogen (secondary N) is 1. The van der Waals surface area contributed by atoms with Crippen LogP contribution >= 0.6 is 11.6 Å². The second-order valence-electron chi connectivity index (χ2n) is 4.27. The standard InChI is InChI=1S/C12H17ClN2O/c1-8(2)15-12(3,11(14)16)9-6-4-5-7-10(9)13/h4-8,15H,1-3H3,(H2,14,16). The highest BCUT2D eigenvalue weighted by Gasteiger charge is 2.35. The van der Waals surface area contributed by atoms with E-state index in [4.69, 9.17) is 17.3 Å². The number of hydrogen-bond acceptors (Lipinski definition) is 2. The van der Waals surface area contributed by atoms with Crippen LogP contribution in [0.2, 0.25) is 5.02 Å². The van der Waals surface area contributed by atoms with Crippen molar-refractivity contribution in [1.82, 2.24) is 5.32 Å². The topological polar surface area (TPSA) is 55.1 Å². The van der Waals surface area contributed by atoms with Gasteiger partial charge in [0.2, 0.25) is 5.91 Å². The van der Waals surface area contributed by atoms with Gasteiger partial charge in [0, 0.05) is 11.1 Å². The van der Waals surface area contributed by atoms with Crippen LogP contribution in [0.25, 0.3) is 0 Å². The fraction of sp³-hybridized carbons (Fsp3) is 0.417. The molecule has 4 heteroatoms. The van der Waals surface area contributed by atoms with Crippen molar-refractivity contribution in [3.63, 3.8) is 0 Å². The predicted molar refractivity (Wildman–Crippen MR) is 66.3 cm³/mol. The number of amides is 1. The van der Waals surface area contributed by atoms with E-state index in [1.807, 2.05) is 32.0 Å². The Morgan fingerprint density at radius 1 is 1.44 bits per heavy atom. The second kappa shape index (κ2) is 4.85. The average molecular weight is 241 g/mol. The van der Waals surface area contributed by atoms with E-state index in [1.165, 1.54) is 0 Å². The molecular weight excluding hydrogens is 224 g/mol. The zero-order valence-corrected chi connectivity index (χ0v) is 10.5. The van der Waals surface area contributed by atoms with Crippen molar-refractivity contribution in [2.24, 2.45) is 5.73 Å². The third kappa shape index (κ3) is 2.54. The Labute approximate surface area is 101 Å². The molecule has 1 amide bonds. The predicted octanol–water partition coefficient (Wildman–Crippen LogP) is 2.04. The minimum Gasteiger partial charge on any atom is -0.368 e. The van der Waals surface area contributed by atoms with Crippen LogP contribution in [0, 0.1) is 0 Å². The molecule has 88 valence electrons. The zero-order chi connectivity index (χ0) is 12.3. The van der Waals surface area contributed by atoms with E-state index in [1.54, 1.807) is 13.0 Å². The number of hydrogen-bond donors (Lipinski definition) is 2. The molecule has 0 radical (unpaired) electrons. The summed E-state index contributed by atoms with van der Waals surface area (Å²) < 4.78 is 0. The van der Waals surface area contributed by atoms with Crippen molar-refractivity contribution in [2.75, 3.05) is 0 Å². The molecule has 0 aliphatic rings. The lowest BCUT2D eigenvalue weighted by Crippen LogP contribution is -2.53. The average Bonchev–Trinajstić information content (AvgIpc) is 2.16. The van der Waals surface area contributed by atoms with Crippen LogP contribution in [0.5, 0.6) is 0 Å². The van der Waals surface area contributed by atoms with Gasteiger partial charge in [0.1, 0.15) is 5.54 Å². The van der Waals surface area contributed by atoms with Crippen molar-refractivity contribution >= 4 is 17.5 Å². The summed E-state index contributed by atoms with van der Waals surface area (Å²) in [7, 11) is 0. The Kier molecular flexibility index (Phi) is 3.94. The van der Waals surface area contributed by atoms with Gasteiger partial charge in [-0.2, -0.15) is 0 Å². The Balaban J connectivity index is 3.22. The number of carbonyl (C=O) groups excluding carboxylic acids is 1. The number of benzene rings is 1. The lowest BCUT2D eigenvalue weighted by atomic mass is 9.90. The fourth-order valence-corrected chi connectivity index (χ4v) is 2.05. The van der Waals surface area contributed by atoms with Crippen LogP contribution in [0.4, 0.5) is 0 Å². The summed E-state index contributed by atoms with van der Waals surface area (Å²) in [5.41, 5.74) is 5.23. The summed E-state index contributed by atoms with van der Waals surface area (Å²) in [5.74, 6) is -0.436. The second-order valence-corrected chi connectivity index (χ2v) is 4.68. The Bertz CT molecular complexity index is 392. The molecule has 0 fully saturated rings. The summed E-state index contributed by atoms with van der Waals surface area (Å²) in [6.07, 6.45) is 0. The molecule has 0 aliphatic heterocycles. The van der Waals surface area contributed by atoms with E-state index in [0.29, 0.717) is 10.6 Å². The van der Waals surface area contributed by atoms with Gasteiger partial charge < -0.3 is 5.73 Å². The van der Waals surface area contributed by atoms with E-state index < -0.39 is 11.4 Å². The van der Waals surface area contributed by atoms with E-state index in [-0.39, 0.29) is 6.04 Å². The number of halogens is 1. The summed E-state index contributed by atoms with van der Waals surface area (Å²) in [4.78, 5) is 11.6. The number of carbonyl (C=O) groups is 1. The minimum atomic E-state index is -0.938. The first kappa shape index (κ1) is 13.0. The van der Waals surface area contributed by atoms with Crippen LogP contribution < -0.4 is 11.1 Å². The van der Waals surface area contributed by atoms with Gasteiger partial charge in [-0.25, -0.2) is 0 Å². The first-order valence-corrected chi connectivity index (χ1v) is 5.58. The molecule has 1 aromatic rings. The molecule has 1 unspecified atom stereocenters. The van der Waals surface area contributed by atoms with E-state index in [0.717, 1.165) is 0 Å². The van der Waals surface area contributed by atoms with Crippen LogP contribution in [0.1, 0.15) is 26.3 Å². The first-order valence-electron chi connectivity index (χ1n) is 5.20. The molecule has 3 N–H and O–H groups in total. The molecule has 0 aliphatic carbocycles. The molecule has 16 heavy (non-hydrogen) atoms. The van der Waals surface area contributed by atoms with Crippen molar-refractivity contribution in [1.29, 1.82) is 0 Å². The molecule has 0 aromatic heterocycles. The maximum atomic E-state index is 11.6. The van der Waals surface area contributed by atoms with Crippen LogP contribution in [0.15, 0.2) is 24.3 Å². The number of rotatable bonds is 4. The fourth-order valence-electron chi connectivity index (χ4n) is 1.73. The highest BCUT2D eigenvalue weighted by molar-refractivity contribution is 6.31. The lowest BCUT2D eigenvalue weighted by molar-refractivity contribution is -0.124. The van der Waals surface area contributed by atoms with Crippen molar-refractivity contribution in [3.8, 4) is 0 Å². The van der Waals surface area contributed by atoms with Crippen molar-refractivity contribution < 1.29 is 4.79 Å². The van der Waals surface area contributed by atoms with Gasteiger partial charge in [0.05, 0.1) is 0 Å². The summed E-state index contributed by atoms with van der Waals surface area (Å²) >= 11 is 6.09. The molecule has 0 heterocycles. The van der Waals surface area contributed by atoms with Crippen molar-refractivity contribution in [3.05, 3.63) is 34.9 Å². The summed E-state index contributed by atoms with van der Waals surface area (Å²) in [6.45, 7) is 5.66. The third-order valence-corrected chi connectivity index (χ3v) is 2.81. The van der Waals surface area contributed by atoms with Gasteiger partial charge in [-0.05, 0) is 32.4 Å². The molecule has 1 rings (SSSR count). The monoisotopic (exact) mass is 240 g/mol. The van der Waals surface area contributed by atoms with E-state index in [2.05, 4.69) is 5.32 Å². The van der Waals surface area contributed by atoms with Gasteiger partial charge in [-0.3, -0.25) is 10.1 Å². The quantitative estimate of drug-likeness (QED) is 0.846. The van der Waals surface area contributed by atoms with Crippen molar-refractivity contribution in [2.45, 2.75) is 32.4 Å². The highest BCUT2D eigenvalue weighted by atomic mass is 35.5. The van der Waals surface area contributed by atoms with Gasteiger partial charge in [0.25, 0.3) is 0 Å². The number of nitrogens with two attached hydrogens (primary N) is 1. The maximum absolute atomic E-state index is 11.6. The summed E-state index contributed by atoms with van der Waals surface area (Å²) in [5, 5.41) is 3.69. The van der Waals surface area contributed by atoms with Gasteiger partial charge in [0.15, 0.2) is 0 Å². The number of primary amides is 1. The van der Waals surface area contributed by atoms with Gasteiger partial charge in [-0.15, -0.1) is 0 Å². The van der Waals surface area contributed by atoms with Gasteiger partial charge >= 0.3 is 0 Å². The van der Waals surface area contributed by atoms with E-state index in [9.17, 15) is 4.79 Å². The Morgan fingerprint density at radius 3 is 2.44 bits per heavy atom. The maximum Gasteiger partial charge on any atom is 0.242 e. The molecule has 0 spiro atoms.